The molecule has 1 atom stereocenters. The summed E-state index contributed by atoms with van der Waals surface area (Å²) in [6.07, 6.45) is 2.25. The number of amides is 1. The summed E-state index contributed by atoms with van der Waals surface area (Å²) in [5, 5.41) is 2.81. The monoisotopic (exact) mass is 295 g/mol. The third kappa shape index (κ3) is 3.30. The summed E-state index contributed by atoms with van der Waals surface area (Å²) in [7, 11) is 1.62. The molecule has 2 rings (SSSR count). The second kappa shape index (κ2) is 6.25. The van der Waals surface area contributed by atoms with Gasteiger partial charge in [0.1, 0.15) is 16.3 Å². The molecule has 0 aromatic carbocycles. The topological polar surface area (TPSA) is 86.5 Å². The molecule has 0 radical (unpaired) electrons. The van der Waals surface area contributed by atoms with Gasteiger partial charge < -0.3 is 20.5 Å². The van der Waals surface area contributed by atoms with Gasteiger partial charge in [-0.05, 0) is 12.1 Å². The number of hydrogen-bond donors (Lipinski definition) is 2. The first kappa shape index (κ1) is 14.8. The zero-order chi connectivity index (χ0) is 14.6. The van der Waals surface area contributed by atoms with E-state index in [-0.39, 0.29) is 10.9 Å². The van der Waals surface area contributed by atoms with Gasteiger partial charge >= 0.3 is 0 Å². The first-order valence-corrected chi connectivity index (χ1v) is 6.64. The number of hydrogen-bond acceptors (Lipinski definition) is 5. The molecule has 1 aliphatic heterocycles. The van der Waals surface area contributed by atoms with Gasteiger partial charge in [-0.15, -0.1) is 0 Å². The molecule has 0 aliphatic carbocycles. The van der Waals surface area contributed by atoms with Crippen molar-refractivity contribution in [3.05, 3.63) is 29.6 Å². The van der Waals surface area contributed by atoms with Crippen LogP contribution in [0.2, 0.25) is 0 Å². The Kier molecular flexibility index (Phi) is 4.64. The molecule has 108 valence electrons. The van der Waals surface area contributed by atoms with Crippen LogP contribution in [0.1, 0.15) is 22.5 Å². The van der Waals surface area contributed by atoms with Crippen molar-refractivity contribution in [1.82, 2.24) is 10.3 Å². The molecule has 1 fully saturated rings. The molecule has 1 aliphatic rings. The predicted octanol–water partition coefficient (Wildman–Crippen LogP) is 0.251. The highest BCUT2D eigenvalue weighted by Gasteiger charge is 2.35. The smallest absolute Gasteiger partial charge is 0.269 e. The largest absolute Gasteiger partial charge is 0.389 e. The first-order chi connectivity index (χ1) is 9.56. The predicted molar refractivity (Wildman–Crippen MR) is 77.6 cm³/mol. The van der Waals surface area contributed by atoms with E-state index in [0.717, 1.165) is 6.42 Å². The van der Waals surface area contributed by atoms with Crippen LogP contribution in [-0.4, -0.2) is 48.3 Å². The molecule has 0 saturated carbocycles. The van der Waals surface area contributed by atoms with E-state index in [1.807, 2.05) is 0 Å². The van der Waals surface area contributed by atoms with Crippen LogP contribution in [0.5, 0.6) is 0 Å². The molecule has 1 amide bonds. The third-order valence-electron chi connectivity index (χ3n) is 3.35. The van der Waals surface area contributed by atoms with E-state index in [9.17, 15) is 4.79 Å². The third-order valence-corrected chi connectivity index (χ3v) is 3.59. The van der Waals surface area contributed by atoms with Crippen LogP contribution >= 0.6 is 12.2 Å². The zero-order valence-corrected chi connectivity index (χ0v) is 12.0. The van der Waals surface area contributed by atoms with Crippen molar-refractivity contribution in [2.75, 3.05) is 26.9 Å². The first-order valence-electron chi connectivity index (χ1n) is 6.23. The summed E-state index contributed by atoms with van der Waals surface area (Å²) >= 11 is 4.83. The number of aromatic nitrogens is 1. The highest BCUT2D eigenvalue weighted by atomic mass is 32.1. The van der Waals surface area contributed by atoms with Gasteiger partial charge in [0.25, 0.3) is 5.91 Å². The molecule has 20 heavy (non-hydrogen) atoms. The van der Waals surface area contributed by atoms with Gasteiger partial charge in [0.15, 0.2) is 0 Å². The van der Waals surface area contributed by atoms with Crippen LogP contribution in [0.25, 0.3) is 0 Å². The average Bonchev–Trinajstić information content (AvgIpc) is 2.94. The SMILES string of the molecule is COC1(CNC(=O)c2ccc(C(N)=S)cn2)CCOC1. The summed E-state index contributed by atoms with van der Waals surface area (Å²) in [6.45, 7) is 1.52. The Morgan fingerprint density at radius 3 is 2.95 bits per heavy atom. The van der Waals surface area contributed by atoms with Crippen LogP contribution < -0.4 is 11.1 Å². The van der Waals surface area contributed by atoms with E-state index in [4.69, 9.17) is 27.4 Å². The second-order valence-electron chi connectivity index (χ2n) is 4.67. The normalized spacial score (nSPS) is 21.6. The maximum Gasteiger partial charge on any atom is 0.269 e. The van der Waals surface area contributed by atoms with Gasteiger partial charge in [0, 0.05) is 38.4 Å². The molecule has 3 N–H and O–H groups in total. The molecule has 0 bridgehead atoms. The molecule has 1 aromatic heterocycles. The molecule has 1 unspecified atom stereocenters. The summed E-state index contributed by atoms with van der Waals surface area (Å²) in [5.41, 5.74) is 5.99. The fraction of sp³-hybridized carbons (Fsp3) is 0.462. The van der Waals surface area contributed by atoms with E-state index in [0.29, 0.717) is 31.0 Å². The number of methoxy groups -OCH3 is 1. The van der Waals surface area contributed by atoms with Crippen molar-refractivity contribution in [1.29, 1.82) is 0 Å². The van der Waals surface area contributed by atoms with Crippen molar-refractivity contribution in [3.8, 4) is 0 Å². The van der Waals surface area contributed by atoms with Crippen molar-refractivity contribution < 1.29 is 14.3 Å². The van der Waals surface area contributed by atoms with Gasteiger partial charge in [-0.3, -0.25) is 9.78 Å². The lowest BCUT2D eigenvalue weighted by Gasteiger charge is -2.25. The van der Waals surface area contributed by atoms with Gasteiger partial charge in [0.2, 0.25) is 0 Å². The van der Waals surface area contributed by atoms with Crippen LogP contribution in [0, 0.1) is 0 Å². The number of thiocarbonyl (C=S) groups is 1. The minimum Gasteiger partial charge on any atom is -0.389 e. The molecule has 6 nitrogen and oxygen atoms in total. The molecular weight excluding hydrogens is 278 g/mol. The Morgan fingerprint density at radius 2 is 2.45 bits per heavy atom. The molecule has 1 saturated heterocycles. The van der Waals surface area contributed by atoms with E-state index >= 15 is 0 Å². The van der Waals surface area contributed by atoms with Crippen LogP contribution in [0.3, 0.4) is 0 Å². The number of carbonyl (C=O) groups is 1. The lowest BCUT2D eigenvalue weighted by atomic mass is 10.0. The number of ether oxygens (including phenoxy) is 2. The highest BCUT2D eigenvalue weighted by molar-refractivity contribution is 7.80. The molecule has 2 heterocycles. The Balaban J connectivity index is 1.96. The van der Waals surface area contributed by atoms with Crippen molar-refractivity contribution in [2.24, 2.45) is 5.73 Å². The summed E-state index contributed by atoms with van der Waals surface area (Å²) in [6, 6.07) is 3.27. The van der Waals surface area contributed by atoms with Gasteiger partial charge in [0.05, 0.1) is 6.61 Å². The second-order valence-corrected chi connectivity index (χ2v) is 5.11. The molecular formula is C13H17N3O3S. The maximum atomic E-state index is 12.0. The van der Waals surface area contributed by atoms with Gasteiger partial charge in [-0.25, -0.2) is 0 Å². The van der Waals surface area contributed by atoms with Crippen LogP contribution in [0.4, 0.5) is 0 Å². The number of carbonyl (C=O) groups excluding carboxylic acids is 1. The fourth-order valence-electron chi connectivity index (χ4n) is 1.97. The number of nitrogens with two attached hydrogens (primary N) is 1. The maximum absolute atomic E-state index is 12.0. The van der Waals surface area contributed by atoms with Gasteiger partial charge in [-0.2, -0.15) is 0 Å². The number of pyridine rings is 1. The van der Waals surface area contributed by atoms with Crippen molar-refractivity contribution >= 4 is 23.1 Å². The lowest BCUT2D eigenvalue weighted by molar-refractivity contribution is -0.0149. The van der Waals surface area contributed by atoms with E-state index in [1.165, 1.54) is 6.20 Å². The number of nitrogens with zero attached hydrogens (tertiary/aromatic N) is 1. The molecule has 1 aromatic rings. The summed E-state index contributed by atoms with van der Waals surface area (Å²) in [5.74, 6) is -0.261. The Bertz CT molecular complexity index is 498. The Labute approximate surface area is 122 Å². The van der Waals surface area contributed by atoms with Crippen LogP contribution in [0.15, 0.2) is 18.3 Å². The van der Waals surface area contributed by atoms with E-state index in [2.05, 4.69) is 10.3 Å². The quantitative estimate of drug-likeness (QED) is 0.757. The number of rotatable bonds is 5. The van der Waals surface area contributed by atoms with Crippen molar-refractivity contribution in [3.63, 3.8) is 0 Å². The van der Waals surface area contributed by atoms with E-state index in [1.54, 1.807) is 19.2 Å². The Hall–Kier alpha value is -1.57. The fourth-order valence-corrected chi connectivity index (χ4v) is 2.09. The number of nitrogens with one attached hydrogen (secondary N) is 1. The minimum atomic E-state index is -0.436. The molecule has 7 heteroatoms. The minimum absolute atomic E-state index is 0.255. The van der Waals surface area contributed by atoms with Gasteiger partial charge in [-0.1, -0.05) is 12.2 Å². The molecule has 0 spiro atoms. The Morgan fingerprint density at radius 1 is 1.65 bits per heavy atom. The van der Waals surface area contributed by atoms with Crippen molar-refractivity contribution in [2.45, 2.75) is 12.0 Å². The summed E-state index contributed by atoms with van der Waals surface area (Å²) in [4.78, 5) is 16.3. The summed E-state index contributed by atoms with van der Waals surface area (Å²) < 4.78 is 10.8. The highest BCUT2D eigenvalue weighted by Crippen LogP contribution is 2.21. The van der Waals surface area contributed by atoms with E-state index < -0.39 is 5.60 Å². The van der Waals surface area contributed by atoms with Crippen LogP contribution in [-0.2, 0) is 9.47 Å². The standard InChI is InChI=1S/C13H17N3O3S/c1-18-13(4-5-19-8-13)7-16-12(17)10-3-2-9(6-15-10)11(14)20/h2-3,6H,4-5,7-8H2,1H3,(H2,14,20)(H,16,17). The average molecular weight is 295 g/mol. The zero-order valence-electron chi connectivity index (χ0n) is 11.2. The lowest BCUT2D eigenvalue weighted by Crippen LogP contribution is -2.45.